The van der Waals surface area contributed by atoms with Crippen molar-refractivity contribution in [2.75, 3.05) is 13.1 Å². The highest BCUT2D eigenvalue weighted by molar-refractivity contribution is 9.10. The van der Waals surface area contributed by atoms with E-state index in [0.717, 1.165) is 10.0 Å². The minimum atomic E-state index is -3.47. The SMILES string of the molecule is CCC1(O)CN(S(=O)(=O)c2ccc(Br)c(C)c2)C1. The maximum Gasteiger partial charge on any atom is 0.243 e. The van der Waals surface area contributed by atoms with Crippen LogP contribution >= 0.6 is 15.9 Å². The fourth-order valence-corrected chi connectivity index (χ4v) is 3.86. The van der Waals surface area contributed by atoms with Crippen molar-refractivity contribution < 1.29 is 13.5 Å². The molecule has 2 rings (SSSR count). The molecule has 0 aromatic heterocycles. The predicted molar refractivity (Wildman–Crippen MR) is 72.9 cm³/mol. The highest BCUT2D eigenvalue weighted by atomic mass is 79.9. The molecule has 18 heavy (non-hydrogen) atoms. The molecule has 0 atom stereocenters. The lowest BCUT2D eigenvalue weighted by Crippen LogP contribution is -2.62. The zero-order chi connectivity index (χ0) is 13.6. The van der Waals surface area contributed by atoms with Gasteiger partial charge in [-0.05, 0) is 37.1 Å². The first-order valence-corrected chi connectivity index (χ1v) is 8.00. The van der Waals surface area contributed by atoms with Gasteiger partial charge in [-0.2, -0.15) is 4.31 Å². The summed E-state index contributed by atoms with van der Waals surface area (Å²) in [6.07, 6.45) is 0.568. The van der Waals surface area contributed by atoms with E-state index in [9.17, 15) is 13.5 Å². The van der Waals surface area contributed by atoms with Crippen molar-refractivity contribution in [3.63, 3.8) is 0 Å². The molecule has 1 aromatic carbocycles. The number of hydrogen-bond donors (Lipinski definition) is 1. The van der Waals surface area contributed by atoms with Crippen molar-refractivity contribution in [1.82, 2.24) is 4.31 Å². The summed E-state index contributed by atoms with van der Waals surface area (Å²) in [4.78, 5) is 0.279. The van der Waals surface area contributed by atoms with Gasteiger partial charge in [0.1, 0.15) is 0 Å². The lowest BCUT2D eigenvalue weighted by molar-refractivity contribution is -0.0613. The van der Waals surface area contributed by atoms with Gasteiger partial charge in [0.05, 0.1) is 10.5 Å². The Morgan fingerprint density at radius 3 is 2.56 bits per heavy atom. The molecule has 1 aromatic rings. The monoisotopic (exact) mass is 333 g/mol. The summed E-state index contributed by atoms with van der Waals surface area (Å²) in [7, 11) is -3.47. The van der Waals surface area contributed by atoms with Crippen molar-refractivity contribution in [3.05, 3.63) is 28.2 Å². The first-order valence-electron chi connectivity index (χ1n) is 5.77. The molecule has 1 heterocycles. The van der Waals surface area contributed by atoms with Crippen LogP contribution in [0.3, 0.4) is 0 Å². The molecule has 0 bridgehead atoms. The van der Waals surface area contributed by atoms with Gasteiger partial charge in [0.25, 0.3) is 0 Å². The van der Waals surface area contributed by atoms with Crippen LogP contribution in [-0.4, -0.2) is 36.5 Å². The molecule has 1 aliphatic rings. The Labute approximate surface area is 116 Å². The van der Waals surface area contributed by atoms with Crippen LogP contribution in [0, 0.1) is 6.92 Å². The Morgan fingerprint density at radius 1 is 1.44 bits per heavy atom. The maximum atomic E-state index is 12.3. The normalized spacial score (nSPS) is 19.6. The summed E-state index contributed by atoms with van der Waals surface area (Å²) in [5.41, 5.74) is 0.0275. The fourth-order valence-electron chi connectivity index (χ4n) is 1.93. The summed E-state index contributed by atoms with van der Waals surface area (Å²) in [5, 5.41) is 9.88. The molecular weight excluding hydrogens is 318 g/mol. The molecule has 0 amide bonds. The minimum Gasteiger partial charge on any atom is -0.387 e. The number of aryl methyl sites for hydroxylation is 1. The van der Waals surface area contributed by atoms with Crippen LogP contribution in [0.15, 0.2) is 27.6 Å². The number of rotatable bonds is 3. The van der Waals surface area contributed by atoms with Crippen molar-refractivity contribution in [3.8, 4) is 0 Å². The average Bonchev–Trinajstić information content (AvgIpc) is 2.28. The lowest BCUT2D eigenvalue weighted by atomic mass is 9.94. The first kappa shape index (κ1) is 14.0. The van der Waals surface area contributed by atoms with Gasteiger partial charge >= 0.3 is 0 Å². The van der Waals surface area contributed by atoms with Crippen molar-refractivity contribution in [2.24, 2.45) is 0 Å². The Morgan fingerprint density at radius 2 is 2.06 bits per heavy atom. The van der Waals surface area contributed by atoms with E-state index < -0.39 is 15.6 Å². The minimum absolute atomic E-state index is 0.181. The summed E-state index contributed by atoms with van der Waals surface area (Å²) in [6, 6.07) is 4.95. The van der Waals surface area contributed by atoms with Crippen LogP contribution < -0.4 is 0 Å². The standard InChI is InChI=1S/C12H16BrNO3S/c1-3-12(15)7-14(8-12)18(16,17)10-4-5-11(13)9(2)6-10/h4-6,15H,3,7-8H2,1-2H3. The van der Waals surface area contributed by atoms with Gasteiger partial charge in [0.2, 0.25) is 10.0 Å². The third-order valence-corrected chi connectivity index (χ3v) is 6.04. The van der Waals surface area contributed by atoms with Crippen LogP contribution in [-0.2, 0) is 10.0 Å². The summed E-state index contributed by atoms with van der Waals surface area (Å²) in [5.74, 6) is 0. The van der Waals surface area contributed by atoms with E-state index in [0.29, 0.717) is 6.42 Å². The molecule has 0 aliphatic carbocycles. The zero-order valence-electron chi connectivity index (χ0n) is 10.4. The number of aliphatic hydroxyl groups is 1. The Balaban J connectivity index is 2.25. The zero-order valence-corrected chi connectivity index (χ0v) is 12.8. The summed E-state index contributed by atoms with van der Waals surface area (Å²) in [6.45, 7) is 4.07. The molecule has 100 valence electrons. The van der Waals surface area contributed by atoms with E-state index in [1.54, 1.807) is 18.2 Å². The van der Waals surface area contributed by atoms with E-state index >= 15 is 0 Å². The van der Waals surface area contributed by atoms with E-state index in [1.165, 1.54) is 4.31 Å². The third-order valence-electron chi connectivity index (χ3n) is 3.37. The van der Waals surface area contributed by atoms with Gasteiger partial charge in [-0.1, -0.05) is 22.9 Å². The number of β-amino-alcohol motifs (C(OH)–C–C–N with tert-alkyl or cyclic N) is 1. The Bertz CT molecular complexity index is 565. The Kier molecular flexibility index (Phi) is 3.57. The van der Waals surface area contributed by atoms with Crippen LogP contribution in [0.5, 0.6) is 0 Å². The van der Waals surface area contributed by atoms with Crippen LogP contribution in [0.1, 0.15) is 18.9 Å². The lowest BCUT2D eigenvalue weighted by Gasteiger charge is -2.44. The molecule has 4 nitrogen and oxygen atoms in total. The molecule has 0 saturated carbocycles. The number of hydrogen-bond acceptors (Lipinski definition) is 3. The van der Waals surface area contributed by atoms with Gasteiger partial charge in [0.15, 0.2) is 0 Å². The Hall–Kier alpha value is -0.430. The maximum absolute atomic E-state index is 12.3. The number of nitrogens with zero attached hydrogens (tertiary/aromatic N) is 1. The van der Waals surface area contributed by atoms with Gasteiger partial charge in [0, 0.05) is 17.6 Å². The van der Waals surface area contributed by atoms with Gasteiger partial charge < -0.3 is 5.11 Å². The molecular formula is C12H16BrNO3S. The van der Waals surface area contributed by atoms with E-state index in [4.69, 9.17) is 0 Å². The highest BCUT2D eigenvalue weighted by Crippen LogP contribution is 2.31. The van der Waals surface area contributed by atoms with Crippen molar-refractivity contribution in [2.45, 2.75) is 30.8 Å². The van der Waals surface area contributed by atoms with Crippen LogP contribution in [0.25, 0.3) is 0 Å². The summed E-state index contributed by atoms with van der Waals surface area (Å²) < 4.78 is 26.8. The third kappa shape index (κ3) is 2.34. The van der Waals surface area contributed by atoms with E-state index in [-0.39, 0.29) is 18.0 Å². The first-order chi connectivity index (χ1) is 8.28. The number of benzene rings is 1. The molecule has 0 unspecified atom stereocenters. The quantitative estimate of drug-likeness (QED) is 0.919. The summed E-state index contributed by atoms with van der Waals surface area (Å²) >= 11 is 3.35. The van der Waals surface area contributed by atoms with E-state index in [2.05, 4.69) is 15.9 Å². The van der Waals surface area contributed by atoms with Gasteiger partial charge in [-0.15, -0.1) is 0 Å². The van der Waals surface area contributed by atoms with Gasteiger partial charge in [-0.25, -0.2) is 8.42 Å². The molecule has 0 spiro atoms. The predicted octanol–water partition coefficient (Wildman–Crippen LogP) is 1.90. The van der Waals surface area contributed by atoms with E-state index in [1.807, 2.05) is 13.8 Å². The van der Waals surface area contributed by atoms with Gasteiger partial charge in [-0.3, -0.25) is 0 Å². The molecule has 1 aliphatic heterocycles. The fraction of sp³-hybridized carbons (Fsp3) is 0.500. The molecule has 0 radical (unpaired) electrons. The average molecular weight is 334 g/mol. The van der Waals surface area contributed by atoms with Crippen LogP contribution in [0.4, 0.5) is 0 Å². The van der Waals surface area contributed by atoms with Crippen molar-refractivity contribution in [1.29, 1.82) is 0 Å². The number of sulfonamides is 1. The highest BCUT2D eigenvalue weighted by Gasteiger charge is 2.45. The van der Waals surface area contributed by atoms with Crippen molar-refractivity contribution >= 4 is 26.0 Å². The largest absolute Gasteiger partial charge is 0.387 e. The molecule has 1 fully saturated rings. The number of halogens is 1. The second-order valence-corrected chi connectivity index (χ2v) is 7.55. The second-order valence-electron chi connectivity index (χ2n) is 4.76. The second kappa shape index (κ2) is 4.59. The molecule has 1 saturated heterocycles. The smallest absolute Gasteiger partial charge is 0.243 e. The topological polar surface area (TPSA) is 57.6 Å². The molecule has 1 N–H and O–H groups in total. The molecule has 6 heteroatoms. The van der Waals surface area contributed by atoms with Crippen LogP contribution in [0.2, 0.25) is 0 Å².